The number of carbonyl (C=O) groups is 1. The fourth-order valence-electron chi connectivity index (χ4n) is 1.72. The highest BCUT2D eigenvalue weighted by molar-refractivity contribution is 6.30. The van der Waals surface area contributed by atoms with E-state index in [1.807, 2.05) is 32.0 Å². The molecule has 0 unspecified atom stereocenters. The third-order valence-electron chi connectivity index (χ3n) is 2.64. The van der Waals surface area contributed by atoms with E-state index in [2.05, 4.69) is 10.3 Å². The highest BCUT2D eigenvalue weighted by Gasteiger charge is 2.11. The van der Waals surface area contributed by atoms with Gasteiger partial charge in [0.25, 0.3) is 5.91 Å². The Morgan fingerprint density at radius 1 is 1.35 bits per heavy atom. The first-order chi connectivity index (χ1) is 9.60. The number of anilines is 1. The number of nitrogens with zero attached hydrogens (tertiary/aromatic N) is 1. The molecule has 1 N–H and O–H groups in total. The van der Waals surface area contributed by atoms with Crippen molar-refractivity contribution in [1.29, 1.82) is 0 Å². The van der Waals surface area contributed by atoms with Crippen LogP contribution in [0.25, 0.3) is 0 Å². The van der Waals surface area contributed by atoms with Crippen LogP contribution < -0.4 is 10.1 Å². The summed E-state index contributed by atoms with van der Waals surface area (Å²) >= 11 is 5.85. The summed E-state index contributed by atoms with van der Waals surface area (Å²) in [5.74, 6) is 0.320. The molecule has 104 valence electrons. The molecular weight excluding hydrogens is 276 g/mol. The minimum Gasteiger partial charge on any atom is -0.492 e. The monoisotopic (exact) mass is 290 g/mol. The van der Waals surface area contributed by atoms with E-state index in [0.29, 0.717) is 23.1 Å². The summed E-state index contributed by atoms with van der Waals surface area (Å²) in [6, 6.07) is 8.73. The second kappa shape index (κ2) is 6.39. The lowest BCUT2D eigenvalue weighted by atomic mass is 10.2. The number of nitrogens with one attached hydrogen (secondary N) is 1. The van der Waals surface area contributed by atoms with Gasteiger partial charge in [-0.3, -0.25) is 9.78 Å². The molecule has 0 saturated carbocycles. The highest BCUT2D eigenvalue weighted by Crippen LogP contribution is 2.26. The standard InChI is InChI=1S/C15H15ClN2O2/c1-3-20-14-8-10(2)4-5-12(14)18-15(19)13-9-11(16)6-7-17-13/h4-9H,3H2,1-2H3,(H,18,19). The smallest absolute Gasteiger partial charge is 0.274 e. The molecule has 20 heavy (non-hydrogen) atoms. The average molecular weight is 291 g/mol. The molecule has 0 fully saturated rings. The largest absolute Gasteiger partial charge is 0.492 e. The Morgan fingerprint density at radius 3 is 2.85 bits per heavy atom. The zero-order chi connectivity index (χ0) is 14.5. The predicted molar refractivity (Wildman–Crippen MR) is 79.5 cm³/mol. The Kier molecular flexibility index (Phi) is 4.58. The van der Waals surface area contributed by atoms with Crippen molar-refractivity contribution in [2.24, 2.45) is 0 Å². The van der Waals surface area contributed by atoms with Gasteiger partial charge in [-0.25, -0.2) is 0 Å². The molecule has 2 rings (SSSR count). The lowest BCUT2D eigenvalue weighted by Gasteiger charge is -2.12. The molecule has 1 heterocycles. The van der Waals surface area contributed by atoms with Gasteiger partial charge in [0.15, 0.2) is 0 Å². The van der Waals surface area contributed by atoms with Gasteiger partial charge in [-0.15, -0.1) is 0 Å². The summed E-state index contributed by atoms with van der Waals surface area (Å²) in [4.78, 5) is 16.1. The quantitative estimate of drug-likeness (QED) is 0.934. The summed E-state index contributed by atoms with van der Waals surface area (Å²) in [7, 11) is 0. The SMILES string of the molecule is CCOc1cc(C)ccc1NC(=O)c1cc(Cl)ccn1. The first kappa shape index (κ1) is 14.3. The fraction of sp³-hybridized carbons (Fsp3) is 0.200. The Balaban J connectivity index is 2.23. The zero-order valence-electron chi connectivity index (χ0n) is 11.3. The van der Waals surface area contributed by atoms with Crippen molar-refractivity contribution in [2.75, 3.05) is 11.9 Å². The molecule has 4 nitrogen and oxygen atoms in total. The van der Waals surface area contributed by atoms with E-state index in [-0.39, 0.29) is 11.6 Å². The Hall–Kier alpha value is -2.07. The second-order valence-corrected chi connectivity index (χ2v) is 4.68. The van der Waals surface area contributed by atoms with E-state index < -0.39 is 0 Å². The van der Waals surface area contributed by atoms with Crippen molar-refractivity contribution in [1.82, 2.24) is 4.98 Å². The van der Waals surface area contributed by atoms with Crippen LogP contribution in [0.1, 0.15) is 23.0 Å². The van der Waals surface area contributed by atoms with Crippen molar-refractivity contribution in [3.8, 4) is 5.75 Å². The molecule has 5 heteroatoms. The normalized spacial score (nSPS) is 10.2. The molecule has 0 bridgehead atoms. The second-order valence-electron chi connectivity index (χ2n) is 4.25. The lowest BCUT2D eigenvalue weighted by Crippen LogP contribution is -2.14. The minimum absolute atomic E-state index is 0.264. The van der Waals surface area contributed by atoms with Crippen LogP contribution in [0.15, 0.2) is 36.5 Å². The van der Waals surface area contributed by atoms with Gasteiger partial charge in [0.05, 0.1) is 12.3 Å². The molecular formula is C15H15ClN2O2. The summed E-state index contributed by atoms with van der Waals surface area (Å²) in [5.41, 5.74) is 1.94. The summed E-state index contributed by atoms with van der Waals surface area (Å²) in [6.45, 7) is 4.39. The van der Waals surface area contributed by atoms with Crippen molar-refractivity contribution in [3.05, 3.63) is 52.8 Å². The lowest BCUT2D eigenvalue weighted by molar-refractivity contribution is 0.102. The molecule has 0 aliphatic heterocycles. The molecule has 0 atom stereocenters. The van der Waals surface area contributed by atoms with E-state index in [1.165, 1.54) is 12.3 Å². The number of hydrogen-bond donors (Lipinski definition) is 1. The van der Waals surface area contributed by atoms with E-state index in [1.54, 1.807) is 6.07 Å². The van der Waals surface area contributed by atoms with E-state index in [9.17, 15) is 4.79 Å². The maximum atomic E-state index is 12.1. The highest BCUT2D eigenvalue weighted by atomic mass is 35.5. The Bertz CT molecular complexity index is 629. The maximum Gasteiger partial charge on any atom is 0.274 e. The van der Waals surface area contributed by atoms with Gasteiger partial charge in [0.1, 0.15) is 11.4 Å². The number of ether oxygens (including phenoxy) is 1. The van der Waals surface area contributed by atoms with Crippen LogP contribution >= 0.6 is 11.6 Å². The van der Waals surface area contributed by atoms with Crippen LogP contribution in [0.4, 0.5) is 5.69 Å². The van der Waals surface area contributed by atoms with Gasteiger partial charge in [-0.1, -0.05) is 17.7 Å². The van der Waals surface area contributed by atoms with Crippen LogP contribution in [0.2, 0.25) is 5.02 Å². The van der Waals surface area contributed by atoms with Gasteiger partial charge >= 0.3 is 0 Å². The molecule has 0 aliphatic rings. The van der Waals surface area contributed by atoms with Gasteiger partial charge in [-0.2, -0.15) is 0 Å². The van der Waals surface area contributed by atoms with E-state index >= 15 is 0 Å². The molecule has 0 saturated heterocycles. The van der Waals surface area contributed by atoms with E-state index in [4.69, 9.17) is 16.3 Å². The Morgan fingerprint density at radius 2 is 2.15 bits per heavy atom. The van der Waals surface area contributed by atoms with Crippen LogP contribution in [0.5, 0.6) is 5.75 Å². The molecule has 0 spiro atoms. The number of hydrogen-bond acceptors (Lipinski definition) is 3. The van der Waals surface area contributed by atoms with Gasteiger partial charge < -0.3 is 10.1 Å². The summed E-state index contributed by atoms with van der Waals surface area (Å²) in [6.07, 6.45) is 1.50. The van der Waals surface area contributed by atoms with Crippen molar-refractivity contribution in [2.45, 2.75) is 13.8 Å². The van der Waals surface area contributed by atoms with E-state index in [0.717, 1.165) is 5.56 Å². The maximum absolute atomic E-state index is 12.1. The van der Waals surface area contributed by atoms with Crippen LogP contribution in [0.3, 0.4) is 0 Å². The fourth-order valence-corrected chi connectivity index (χ4v) is 1.88. The predicted octanol–water partition coefficient (Wildman–Crippen LogP) is 3.69. The summed E-state index contributed by atoms with van der Waals surface area (Å²) < 4.78 is 5.52. The number of carbonyl (C=O) groups excluding carboxylic acids is 1. The molecule has 0 radical (unpaired) electrons. The number of aromatic nitrogens is 1. The first-order valence-corrected chi connectivity index (χ1v) is 6.64. The molecule has 1 aromatic carbocycles. The van der Waals surface area contributed by atoms with Gasteiger partial charge in [-0.05, 0) is 43.7 Å². The summed E-state index contributed by atoms with van der Waals surface area (Å²) in [5, 5.41) is 3.25. The van der Waals surface area contributed by atoms with Crippen molar-refractivity contribution in [3.63, 3.8) is 0 Å². The van der Waals surface area contributed by atoms with Crippen molar-refractivity contribution < 1.29 is 9.53 Å². The number of rotatable bonds is 4. The minimum atomic E-state index is -0.322. The number of amides is 1. The third kappa shape index (κ3) is 3.48. The molecule has 2 aromatic rings. The number of aryl methyl sites for hydroxylation is 1. The molecule has 1 amide bonds. The Labute approximate surface area is 122 Å². The zero-order valence-corrected chi connectivity index (χ0v) is 12.1. The van der Waals surface area contributed by atoms with Crippen molar-refractivity contribution >= 4 is 23.2 Å². The van der Waals surface area contributed by atoms with Gasteiger partial charge in [0.2, 0.25) is 0 Å². The number of pyridine rings is 1. The number of benzene rings is 1. The van der Waals surface area contributed by atoms with Crippen LogP contribution in [-0.4, -0.2) is 17.5 Å². The average Bonchev–Trinajstić information content (AvgIpc) is 2.42. The first-order valence-electron chi connectivity index (χ1n) is 6.26. The molecule has 0 aliphatic carbocycles. The topological polar surface area (TPSA) is 51.2 Å². The van der Waals surface area contributed by atoms with Gasteiger partial charge in [0, 0.05) is 11.2 Å². The molecule has 1 aromatic heterocycles. The third-order valence-corrected chi connectivity index (χ3v) is 2.87. The van der Waals surface area contributed by atoms with Crippen LogP contribution in [-0.2, 0) is 0 Å². The van der Waals surface area contributed by atoms with Crippen LogP contribution in [0, 0.1) is 6.92 Å². The number of halogens is 1.